The van der Waals surface area contributed by atoms with E-state index in [1.165, 1.54) is 0 Å². The van der Waals surface area contributed by atoms with Gasteiger partial charge in [-0.3, -0.25) is 4.79 Å². The van der Waals surface area contributed by atoms with Crippen LogP contribution in [0.4, 0.5) is 0 Å². The summed E-state index contributed by atoms with van der Waals surface area (Å²) in [6, 6.07) is 5.70. The minimum atomic E-state index is -0.0612. The fraction of sp³-hybridized carbons (Fsp3) is 0.500. The van der Waals surface area contributed by atoms with Crippen molar-refractivity contribution in [1.29, 1.82) is 0 Å². The average molecular weight is 382 g/mol. The molecule has 21 heavy (non-hydrogen) atoms. The van der Waals surface area contributed by atoms with Crippen LogP contribution in [-0.4, -0.2) is 39.8 Å². The molecule has 1 atom stereocenters. The van der Waals surface area contributed by atoms with Gasteiger partial charge in [0, 0.05) is 13.7 Å². The zero-order valence-electron chi connectivity index (χ0n) is 12.4. The third-order valence-corrected chi connectivity index (χ3v) is 3.44. The average Bonchev–Trinajstić information content (AvgIpc) is 2.43. The van der Waals surface area contributed by atoms with Gasteiger partial charge in [-0.25, -0.2) is 0 Å². The van der Waals surface area contributed by atoms with Crippen molar-refractivity contribution in [3.63, 3.8) is 0 Å². The van der Waals surface area contributed by atoms with E-state index >= 15 is 0 Å². The number of hydrogen-bond acceptors (Lipinski definition) is 4. The van der Waals surface area contributed by atoms with Gasteiger partial charge in [0.15, 0.2) is 0 Å². The fourth-order valence-electron chi connectivity index (χ4n) is 1.70. The summed E-state index contributed by atoms with van der Waals surface area (Å²) in [6.45, 7) is 3.48. The van der Waals surface area contributed by atoms with Crippen LogP contribution in [0.15, 0.2) is 22.7 Å². The van der Waals surface area contributed by atoms with Crippen molar-refractivity contribution in [1.82, 2.24) is 10.6 Å². The molecule has 120 valence electrons. The topological polar surface area (TPSA) is 59.6 Å². The molecule has 0 aliphatic heterocycles. The van der Waals surface area contributed by atoms with Gasteiger partial charge < -0.3 is 20.1 Å². The molecule has 1 aromatic carbocycles. The highest BCUT2D eigenvalue weighted by Crippen LogP contribution is 2.27. The zero-order chi connectivity index (χ0) is 15.0. The predicted octanol–water partition coefficient (Wildman–Crippen LogP) is 2.29. The minimum absolute atomic E-state index is 0. The van der Waals surface area contributed by atoms with Crippen molar-refractivity contribution >= 4 is 34.2 Å². The highest BCUT2D eigenvalue weighted by molar-refractivity contribution is 9.10. The Kier molecular flexibility index (Phi) is 10.4. The van der Waals surface area contributed by atoms with E-state index in [1.54, 1.807) is 14.2 Å². The molecule has 7 heteroatoms. The van der Waals surface area contributed by atoms with Gasteiger partial charge in [-0.05, 0) is 40.5 Å². The van der Waals surface area contributed by atoms with E-state index in [0.717, 1.165) is 15.8 Å². The SMILES string of the molecule is COCCNCC(=O)NC(C)c1ccc(OC)c(Br)c1.Cl. The molecule has 1 aromatic rings. The van der Waals surface area contributed by atoms with E-state index < -0.39 is 0 Å². The molecule has 0 spiro atoms. The Balaban J connectivity index is 0.00000400. The highest BCUT2D eigenvalue weighted by atomic mass is 79.9. The van der Waals surface area contributed by atoms with Crippen molar-refractivity contribution in [3.05, 3.63) is 28.2 Å². The van der Waals surface area contributed by atoms with Crippen molar-refractivity contribution in [2.75, 3.05) is 33.9 Å². The van der Waals surface area contributed by atoms with Crippen LogP contribution in [-0.2, 0) is 9.53 Å². The van der Waals surface area contributed by atoms with E-state index in [0.29, 0.717) is 13.2 Å². The van der Waals surface area contributed by atoms with E-state index in [2.05, 4.69) is 26.6 Å². The molecule has 0 aliphatic carbocycles. The number of benzene rings is 1. The summed E-state index contributed by atoms with van der Waals surface area (Å²) < 4.78 is 11.0. The van der Waals surface area contributed by atoms with Gasteiger partial charge in [0.1, 0.15) is 5.75 Å². The van der Waals surface area contributed by atoms with Gasteiger partial charge in [-0.15, -0.1) is 12.4 Å². The maximum Gasteiger partial charge on any atom is 0.234 e. The monoisotopic (exact) mass is 380 g/mol. The first-order valence-electron chi connectivity index (χ1n) is 6.41. The Hall–Kier alpha value is -0.820. The summed E-state index contributed by atoms with van der Waals surface area (Å²) in [6.07, 6.45) is 0. The summed E-state index contributed by atoms with van der Waals surface area (Å²) >= 11 is 3.44. The smallest absolute Gasteiger partial charge is 0.234 e. The van der Waals surface area contributed by atoms with Crippen LogP contribution in [0.1, 0.15) is 18.5 Å². The zero-order valence-corrected chi connectivity index (χ0v) is 14.8. The van der Waals surface area contributed by atoms with E-state index in [4.69, 9.17) is 9.47 Å². The predicted molar refractivity (Wildman–Crippen MR) is 89.2 cm³/mol. The molecule has 1 amide bonds. The number of carbonyl (C=O) groups excluding carboxylic acids is 1. The largest absolute Gasteiger partial charge is 0.496 e. The van der Waals surface area contributed by atoms with Crippen LogP contribution in [0.2, 0.25) is 0 Å². The quantitative estimate of drug-likeness (QED) is 0.678. The summed E-state index contributed by atoms with van der Waals surface area (Å²) in [4.78, 5) is 11.7. The number of methoxy groups -OCH3 is 2. The number of amides is 1. The maximum atomic E-state index is 11.7. The number of ether oxygens (including phenoxy) is 2. The van der Waals surface area contributed by atoms with E-state index in [1.807, 2.05) is 25.1 Å². The first-order valence-corrected chi connectivity index (χ1v) is 7.20. The Bertz CT molecular complexity index is 446. The molecule has 0 heterocycles. The van der Waals surface area contributed by atoms with Gasteiger partial charge in [-0.2, -0.15) is 0 Å². The minimum Gasteiger partial charge on any atom is -0.496 e. The lowest BCUT2D eigenvalue weighted by molar-refractivity contribution is -0.120. The van der Waals surface area contributed by atoms with Gasteiger partial charge in [0.05, 0.1) is 30.8 Å². The molecule has 0 bridgehead atoms. The summed E-state index contributed by atoms with van der Waals surface area (Å²) in [5, 5.41) is 5.94. The third-order valence-electron chi connectivity index (χ3n) is 2.82. The summed E-state index contributed by atoms with van der Waals surface area (Å²) in [5.41, 5.74) is 1.02. The van der Waals surface area contributed by atoms with Crippen molar-refractivity contribution in [2.24, 2.45) is 0 Å². The molecule has 0 aliphatic rings. The highest BCUT2D eigenvalue weighted by Gasteiger charge is 2.11. The maximum absolute atomic E-state index is 11.7. The van der Waals surface area contributed by atoms with Crippen LogP contribution in [0.3, 0.4) is 0 Å². The van der Waals surface area contributed by atoms with Gasteiger partial charge in [-0.1, -0.05) is 6.07 Å². The molecule has 0 radical (unpaired) electrons. The van der Waals surface area contributed by atoms with Crippen molar-refractivity contribution < 1.29 is 14.3 Å². The first kappa shape index (κ1) is 20.2. The number of carbonyl (C=O) groups is 1. The molecule has 1 unspecified atom stereocenters. The molecule has 2 N–H and O–H groups in total. The third kappa shape index (κ3) is 7.13. The molecule has 0 aromatic heterocycles. The van der Waals surface area contributed by atoms with Crippen LogP contribution in [0.5, 0.6) is 5.75 Å². The normalized spacial score (nSPS) is 11.4. The molecule has 0 saturated carbocycles. The molecule has 5 nitrogen and oxygen atoms in total. The van der Waals surface area contributed by atoms with E-state index in [9.17, 15) is 4.79 Å². The molecule has 1 rings (SSSR count). The lowest BCUT2D eigenvalue weighted by Gasteiger charge is -2.16. The Morgan fingerprint density at radius 3 is 2.67 bits per heavy atom. The van der Waals surface area contributed by atoms with Gasteiger partial charge in [0.25, 0.3) is 0 Å². The summed E-state index contributed by atoms with van der Waals surface area (Å²) in [5.74, 6) is 0.731. The second kappa shape index (κ2) is 10.8. The second-order valence-corrected chi connectivity index (χ2v) is 5.21. The van der Waals surface area contributed by atoms with Crippen molar-refractivity contribution in [2.45, 2.75) is 13.0 Å². The van der Waals surface area contributed by atoms with Crippen molar-refractivity contribution in [3.8, 4) is 5.75 Å². The molecule has 0 saturated heterocycles. The number of hydrogen-bond donors (Lipinski definition) is 2. The van der Waals surface area contributed by atoms with Crippen LogP contribution < -0.4 is 15.4 Å². The van der Waals surface area contributed by atoms with Gasteiger partial charge in [0.2, 0.25) is 5.91 Å². The lowest BCUT2D eigenvalue weighted by atomic mass is 10.1. The Morgan fingerprint density at radius 2 is 2.10 bits per heavy atom. The Morgan fingerprint density at radius 1 is 1.38 bits per heavy atom. The standard InChI is InChI=1S/C14H21BrN2O3.ClH/c1-10(17-14(18)9-16-6-7-19-2)11-4-5-13(20-3)12(15)8-11;/h4-5,8,10,16H,6-7,9H2,1-3H3,(H,17,18);1H. The summed E-state index contributed by atoms with van der Waals surface area (Å²) in [7, 11) is 3.25. The van der Waals surface area contributed by atoms with Gasteiger partial charge >= 0.3 is 0 Å². The second-order valence-electron chi connectivity index (χ2n) is 4.35. The lowest BCUT2D eigenvalue weighted by Crippen LogP contribution is -2.36. The van der Waals surface area contributed by atoms with Crippen LogP contribution in [0.25, 0.3) is 0 Å². The molecule has 0 fully saturated rings. The number of nitrogens with one attached hydrogen (secondary N) is 2. The van der Waals surface area contributed by atoms with Crippen LogP contribution in [0, 0.1) is 0 Å². The number of halogens is 2. The van der Waals surface area contributed by atoms with E-state index in [-0.39, 0.29) is 30.9 Å². The number of rotatable bonds is 8. The fourth-order valence-corrected chi connectivity index (χ4v) is 2.26. The molecular formula is C14H22BrClN2O3. The molecular weight excluding hydrogens is 360 g/mol. The Labute approximate surface area is 140 Å². The first-order chi connectivity index (χ1) is 9.58. The van der Waals surface area contributed by atoms with Crippen LogP contribution >= 0.6 is 28.3 Å².